The van der Waals surface area contributed by atoms with Crippen LogP contribution in [-0.2, 0) is 0 Å². The zero-order chi connectivity index (χ0) is 23.0. The lowest BCUT2D eigenvalue weighted by Gasteiger charge is -2.21. The fourth-order valence-corrected chi connectivity index (χ4v) is 6.24. The van der Waals surface area contributed by atoms with Crippen molar-refractivity contribution in [3.63, 3.8) is 0 Å². The summed E-state index contributed by atoms with van der Waals surface area (Å²) in [5.74, 6) is 1.61. The molecule has 3 nitrogen and oxygen atoms in total. The second kappa shape index (κ2) is 10.9. The molecule has 4 aromatic carbocycles. The van der Waals surface area contributed by atoms with E-state index in [1.165, 1.54) is 15.9 Å². The van der Waals surface area contributed by atoms with Crippen LogP contribution in [0.2, 0.25) is 0 Å². The topological polar surface area (TPSA) is 30.8 Å². The molecule has 4 heteroatoms. The molecule has 4 aromatic rings. The van der Waals surface area contributed by atoms with Gasteiger partial charge in [0, 0.05) is 17.3 Å². The average molecular weight is 454 g/mol. The smallest absolute Gasteiger partial charge is 0.124 e. The number of aliphatic imine (C=N–C) groups is 1. The Morgan fingerprint density at radius 1 is 0.727 bits per heavy atom. The Bertz CT molecular complexity index is 1170. The van der Waals surface area contributed by atoms with Gasteiger partial charge in [-0.05, 0) is 49.0 Å². The van der Waals surface area contributed by atoms with Gasteiger partial charge < -0.3 is 9.47 Å². The quantitative estimate of drug-likeness (QED) is 0.255. The van der Waals surface area contributed by atoms with E-state index in [0.717, 1.165) is 22.6 Å². The summed E-state index contributed by atoms with van der Waals surface area (Å²) in [7, 11) is 2.65. The molecular formula is C29H28NO2P. The summed E-state index contributed by atoms with van der Waals surface area (Å²) in [5, 5.41) is 3.93. The van der Waals surface area contributed by atoms with E-state index in [2.05, 4.69) is 91.9 Å². The molecule has 0 bridgehead atoms. The molecule has 166 valence electrons. The van der Waals surface area contributed by atoms with Gasteiger partial charge in [-0.15, -0.1) is 0 Å². The molecule has 0 unspecified atom stereocenters. The summed E-state index contributed by atoms with van der Waals surface area (Å²) < 4.78 is 11.0. The molecule has 0 aromatic heterocycles. The summed E-state index contributed by atoms with van der Waals surface area (Å²) in [6, 6.07) is 35.8. The summed E-state index contributed by atoms with van der Waals surface area (Å²) in [4.78, 5) is 4.93. The van der Waals surface area contributed by atoms with Crippen LogP contribution in [0.3, 0.4) is 0 Å². The van der Waals surface area contributed by atoms with E-state index in [0.29, 0.717) is 0 Å². The number of nitrogens with zero attached hydrogens (tertiary/aromatic N) is 1. The van der Waals surface area contributed by atoms with Gasteiger partial charge in [-0.2, -0.15) is 0 Å². The highest BCUT2D eigenvalue weighted by Gasteiger charge is 2.19. The Kier molecular flexibility index (Phi) is 7.55. The van der Waals surface area contributed by atoms with E-state index in [-0.39, 0.29) is 6.04 Å². The van der Waals surface area contributed by atoms with Crippen LogP contribution in [0.4, 0.5) is 0 Å². The molecule has 33 heavy (non-hydrogen) atoms. The molecule has 0 heterocycles. The van der Waals surface area contributed by atoms with Crippen molar-refractivity contribution in [2.45, 2.75) is 13.0 Å². The van der Waals surface area contributed by atoms with E-state index in [4.69, 9.17) is 14.5 Å². The van der Waals surface area contributed by atoms with E-state index >= 15 is 0 Å². The van der Waals surface area contributed by atoms with Gasteiger partial charge in [0.15, 0.2) is 0 Å². The van der Waals surface area contributed by atoms with Crippen LogP contribution in [0.15, 0.2) is 108 Å². The third-order valence-electron chi connectivity index (χ3n) is 5.53. The fraction of sp³-hybridized carbons (Fsp3) is 0.138. The number of hydrogen-bond acceptors (Lipinski definition) is 3. The van der Waals surface area contributed by atoms with Gasteiger partial charge in [-0.25, -0.2) is 0 Å². The van der Waals surface area contributed by atoms with Gasteiger partial charge in [0.2, 0.25) is 0 Å². The van der Waals surface area contributed by atoms with Crippen molar-refractivity contribution < 1.29 is 9.47 Å². The van der Waals surface area contributed by atoms with Crippen LogP contribution in [0.5, 0.6) is 11.5 Å². The summed E-state index contributed by atoms with van der Waals surface area (Å²) in [6.45, 7) is 2.08. The Balaban J connectivity index is 1.73. The number of rotatable bonds is 8. The molecule has 0 saturated carbocycles. The first-order chi connectivity index (χ1) is 16.2. The van der Waals surface area contributed by atoms with E-state index in [9.17, 15) is 0 Å². The minimum atomic E-state index is -0.705. The molecule has 4 rings (SSSR count). The molecule has 0 radical (unpaired) electrons. The zero-order valence-corrected chi connectivity index (χ0v) is 20.1. The first-order valence-electron chi connectivity index (χ1n) is 11.0. The van der Waals surface area contributed by atoms with Gasteiger partial charge in [0.25, 0.3) is 0 Å². The maximum atomic E-state index is 5.57. The molecule has 0 aliphatic heterocycles. The second-order valence-electron chi connectivity index (χ2n) is 7.63. The van der Waals surface area contributed by atoms with Crippen molar-refractivity contribution in [2.75, 3.05) is 14.2 Å². The first kappa shape index (κ1) is 22.8. The van der Waals surface area contributed by atoms with Crippen molar-refractivity contribution in [3.8, 4) is 11.5 Å². The largest absolute Gasteiger partial charge is 0.497 e. The van der Waals surface area contributed by atoms with Gasteiger partial charge in [0.1, 0.15) is 11.5 Å². The number of methoxy groups -OCH3 is 2. The summed E-state index contributed by atoms with van der Waals surface area (Å²) >= 11 is 0. The predicted molar refractivity (Wildman–Crippen MR) is 141 cm³/mol. The Hall–Kier alpha value is -3.42. The van der Waals surface area contributed by atoms with Gasteiger partial charge in [-0.1, -0.05) is 84.9 Å². The third kappa shape index (κ3) is 5.32. The van der Waals surface area contributed by atoms with E-state index in [1.807, 2.05) is 24.4 Å². The molecule has 0 aliphatic carbocycles. The standard InChI is InChI=1S/C29H28NO2P/c1-22(27-20-24(31-2)18-19-28(27)32-3)30-21-23-12-10-11-17-29(23)33(25-13-6-4-7-14-25)26-15-8-5-9-16-26/h4-22H,1-3H3/t22-/m1/s1. The SMILES string of the molecule is COc1ccc(OC)c([C@@H](C)N=Cc2ccccc2P(c2ccccc2)c2ccccc2)c1. The maximum Gasteiger partial charge on any atom is 0.124 e. The lowest BCUT2D eigenvalue weighted by Crippen LogP contribution is -2.23. The lowest BCUT2D eigenvalue weighted by molar-refractivity contribution is 0.396. The summed E-state index contributed by atoms with van der Waals surface area (Å²) in [5.41, 5.74) is 2.13. The number of hydrogen-bond donors (Lipinski definition) is 0. The van der Waals surface area contributed by atoms with Crippen LogP contribution in [0.1, 0.15) is 24.1 Å². The molecule has 0 amide bonds. The molecule has 0 aliphatic rings. The highest BCUT2D eigenvalue weighted by molar-refractivity contribution is 7.80. The molecular weight excluding hydrogens is 425 g/mol. The van der Waals surface area contributed by atoms with Crippen molar-refractivity contribution >= 4 is 30.0 Å². The highest BCUT2D eigenvalue weighted by Crippen LogP contribution is 2.34. The molecule has 0 spiro atoms. The first-order valence-corrected chi connectivity index (χ1v) is 12.3. The maximum absolute atomic E-state index is 5.57. The van der Waals surface area contributed by atoms with Crippen molar-refractivity contribution in [2.24, 2.45) is 4.99 Å². The van der Waals surface area contributed by atoms with E-state index in [1.54, 1.807) is 14.2 Å². The second-order valence-corrected chi connectivity index (χ2v) is 9.81. The minimum Gasteiger partial charge on any atom is -0.497 e. The Morgan fingerprint density at radius 3 is 1.94 bits per heavy atom. The molecule has 0 saturated heterocycles. The number of benzene rings is 4. The summed E-state index contributed by atoms with van der Waals surface area (Å²) in [6.07, 6.45) is 2.00. The van der Waals surface area contributed by atoms with Crippen molar-refractivity contribution in [1.29, 1.82) is 0 Å². The van der Waals surface area contributed by atoms with E-state index < -0.39 is 7.92 Å². The average Bonchev–Trinajstić information content (AvgIpc) is 2.89. The Morgan fingerprint density at radius 2 is 1.33 bits per heavy atom. The van der Waals surface area contributed by atoms with Crippen LogP contribution >= 0.6 is 7.92 Å². The van der Waals surface area contributed by atoms with Crippen LogP contribution in [0, 0.1) is 0 Å². The van der Waals surface area contributed by atoms with Crippen LogP contribution < -0.4 is 25.4 Å². The minimum absolute atomic E-state index is 0.0808. The van der Waals surface area contributed by atoms with Crippen molar-refractivity contribution in [1.82, 2.24) is 0 Å². The van der Waals surface area contributed by atoms with Crippen LogP contribution in [-0.4, -0.2) is 20.4 Å². The Labute approximate surface area is 197 Å². The van der Waals surface area contributed by atoms with Gasteiger partial charge >= 0.3 is 0 Å². The lowest BCUT2D eigenvalue weighted by atomic mass is 10.1. The zero-order valence-electron chi connectivity index (χ0n) is 19.2. The molecule has 0 fully saturated rings. The molecule has 0 N–H and O–H groups in total. The van der Waals surface area contributed by atoms with Gasteiger partial charge in [0.05, 0.1) is 20.3 Å². The van der Waals surface area contributed by atoms with Crippen molar-refractivity contribution in [3.05, 3.63) is 114 Å². The fourth-order valence-electron chi connectivity index (χ4n) is 3.82. The highest BCUT2D eigenvalue weighted by atomic mass is 31.1. The third-order valence-corrected chi connectivity index (χ3v) is 8.05. The number of ether oxygens (including phenoxy) is 2. The van der Waals surface area contributed by atoms with Crippen LogP contribution in [0.25, 0.3) is 0 Å². The molecule has 1 atom stereocenters. The predicted octanol–water partition coefficient (Wildman–Crippen LogP) is 5.64. The van der Waals surface area contributed by atoms with Gasteiger partial charge in [-0.3, -0.25) is 4.99 Å². The normalized spacial score (nSPS) is 12.1. The monoisotopic (exact) mass is 453 g/mol.